The lowest BCUT2D eigenvalue weighted by atomic mass is 9.79. The highest BCUT2D eigenvalue weighted by Gasteiger charge is 2.34. The van der Waals surface area contributed by atoms with E-state index in [4.69, 9.17) is 0 Å². The van der Waals surface area contributed by atoms with E-state index in [-0.39, 0.29) is 0 Å². The second-order valence-corrected chi connectivity index (χ2v) is 7.50. The Labute approximate surface area is 114 Å². The molecule has 0 radical (unpaired) electrons. The molecular formula is C16H23Br. The Morgan fingerprint density at radius 3 is 2.29 bits per heavy atom. The largest absolute Gasteiger partial charge is 0.0890 e. The van der Waals surface area contributed by atoms with Gasteiger partial charge in [0.25, 0.3) is 0 Å². The van der Waals surface area contributed by atoms with Crippen molar-refractivity contribution >= 4 is 15.9 Å². The third-order valence-corrected chi connectivity index (χ3v) is 5.00. The number of hydrogen-bond acceptors (Lipinski definition) is 0. The van der Waals surface area contributed by atoms with Crippen molar-refractivity contribution in [1.82, 2.24) is 0 Å². The molecule has 1 heteroatoms. The molecule has 2 rings (SSSR count). The van der Waals surface area contributed by atoms with Gasteiger partial charge in [-0.1, -0.05) is 40.5 Å². The summed E-state index contributed by atoms with van der Waals surface area (Å²) in [6.45, 7) is 9.17. The van der Waals surface area contributed by atoms with Crippen LogP contribution < -0.4 is 0 Å². The summed E-state index contributed by atoms with van der Waals surface area (Å²) in [4.78, 5) is 0.735. The second kappa shape index (κ2) is 4.76. The van der Waals surface area contributed by atoms with Crippen LogP contribution in [-0.2, 0) is 6.42 Å². The smallest absolute Gasteiger partial charge is 0.0151 e. The highest BCUT2D eigenvalue weighted by Crippen LogP contribution is 2.44. The fraction of sp³-hybridized carbons (Fsp3) is 0.625. The van der Waals surface area contributed by atoms with Crippen LogP contribution in [0.2, 0.25) is 0 Å². The minimum Gasteiger partial charge on any atom is -0.0890 e. The molecule has 1 aliphatic carbocycles. The first-order valence-electron chi connectivity index (χ1n) is 6.60. The molecule has 0 saturated heterocycles. The van der Waals surface area contributed by atoms with Crippen LogP contribution in [0, 0.1) is 26.2 Å². The van der Waals surface area contributed by atoms with Gasteiger partial charge in [0.15, 0.2) is 0 Å². The summed E-state index contributed by atoms with van der Waals surface area (Å²) in [6.07, 6.45) is 5.25. The van der Waals surface area contributed by atoms with Crippen molar-refractivity contribution in [3.8, 4) is 0 Å². The van der Waals surface area contributed by atoms with E-state index in [0.29, 0.717) is 5.41 Å². The van der Waals surface area contributed by atoms with Crippen LogP contribution in [0.1, 0.15) is 48.4 Å². The normalized spacial score (nSPS) is 28.6. The molecule has 1 saturated carbocycles. The van der Waals surface area contributed by atoms with Crippen molar-refractivity contribution in [3.05, 3.63) is 34.4 Å². The van der Waals surface area contributed by atoms with Gasteiger partial charge in [0.1, 0.15) is 0 Å². The molecule has 0 bridgehead atoms. The lowest BCUT2D eigenvalue weighted by Crippen LogP contribution is -2.17. The van der Waals surface area contributed by atoms with Gasteiger partial charge in [0.05, 0.1) is 0 Å². The number of rotatable bonds is 2. The second-order valence-electron chi connectivity index (χ2n) is 6.20. The van der Waals surface area contributed by atoms with Crippen LogP contribution in [0.3, 0.4) is 0 Å². The van der Waals surface area contributed by atoms with Crippen LogP contribution in [-0.4, -0.2) is 4.83 Å². The highest BCUT2D eigenvalue weighted by atomic mass is 79.9. The predicted octanol–water partition coefficient (Wildman–Crippen LogP) is 5.11. The van der Waals surface area contributed by atoms with E-state index in [9.17, 15) is 0 Å². The minimum absolute atomic E-state index is 0.499. The lowest BCUT2D eigenvalue weighted by molar-refractivity contribution is 0.334. The maximum absolute atomic E-state index is 3.78. The number of alkyl halides is 1. The molecule has 1 fully saturated rings. The monoisotopic (exact) mass is 294 g/mol. The first kappa shape index (κ1) is 13.1. The zero-order valence-electron chi connectivity index (χ0n) is 11.4. The third kappa shape index (κ3) is 2.93. The number of halogens is 1. The summed E-state index contributed by atoms with van der Waals surface area (Å²) in [7, 11) is 0. The summed E-state index contributed by atoms with van der Waals surface area (Å²) in [5.74, 6) is 0. The van der Waals surface area contributed by atoms with Crippen LogP contribution >= 0.6 is 15.9 Å². The summed E-state index contributed by atoms with van der Waals surface area (Å²) >= 11 is 3.78. The molecule has 94 valence electrons. The predicted molar refractivity (Wildman–Crippen MR) is 79.0 cm³/mol. The number of benzene rings is 1. The van der Waals surface area contributed by atoms with Crippen molar-refractivity contribution in [2.75, 3.05) is 0 Å². The molecule has 1 aromatic carbocycles. The Bertz CT molecular complexity index is 399. The summed E-state index contributed by atoms with van der Waals surface area (Å²) in [6, 6.07) is 4.65. The van der Waals surface area contributed by atoms with E-state index < -0.39 is 0 Å². The van der Waals surface area contributed by atoms with Gasteiger partial charge in [-0.3, -0.25) is 0 Å². The van der Waals surface area contributed by atoms with Crippen LogP contribution in [0.5, 0.6) is 0 Å². The Morgan fingerprint density at radius 2 is 1.82 bits per heavy atom. The first-order valence-corrected chi connectivity index (χ1v) is 7.52. The SMILES string of the molecule is Cc1cc(C)c(CC2(C)CCC(Br)C2)c(C)c1. The molecule has 0 spiro atoms. The molecule has 17 heavy (non-hydrogen) atoms. The van der Waals surface area contributed by atoms with Gasteiger partial charge in [-0.2, -0.15) is 0 Å². The fourth-order valence-electron chi connectivity index (χ4n) is 3.32. The van der Waals surface area contributed by atoms with Gasteiger partial charge < -0.3 is 0 Å². The molecule has 2 unspecified atom stereocenters. The molecule has 1 aromatic rings. The van der Waals surface area contributed by atoms with E-state index in [1.807, 2.05) is 0 Å². The lowest BCUT2D eigenvalue weighted by Gasteiger charge is -2.26. The van der Waals surface area contributed by atoms with Crippen molar-refractivity contribution < 1.29 is 0 Å². The van der Waals surface area contributed by atoms with Gasteiger partial charge in [-0.05, 0) is 68.6 Å². The van der Waals surface area contributed by atoms with E-state index in [0.717, 1.165) is 4.83 Å². The topological polar surface area (TPSA) is 0 Å². The van der Waals surface area contributed by atoms with Gasteiger partial charge in [-0.15, -0.1) is 0 Å². The molecule has 0 heterocycles. The van der Waals surface area contributed by atoms with E-state index >= 15 is 0 Å². The quantitative estimate of drug-likeness (QED) is 0.665. The number of aryl methyl sites for hydroxylation is 3. The van der Waals surface area contributed by atoms with Crippen LogP contribution in [0.4, 0.5) is 0 Å². The van der Waals surface area contributed by atoms with Gasteiger partial charge in [-0.25, -0.2) is 0 Å². The van der Waals surface area contributed by atoms with E-state index in [2.05, 4.69) is 55.8 Å². The maximum atomic E-state index is 3.78. The average molecular weight is 295 g/mol. The molecule has 0 amide bonds. The van der Waals surface area contributed by atoms with Crippen LogP contribution in [0.25, 0.3) is 0 Å². The van der Waals surface area contributed by atoms with Crippen molar-refractivity contribution in [1.29, 1.82) is 0 Å². The molecule has 1 aliphatic rings. The molecular weight excluding hydrogens is 272 g/mol. The number of hydrogen-bond donors (Lipinski definition) is 0. The molecule has 0 aromatic heterocycles. The third-order valence-electron chi connectivity index (χ3n) is 4.22. The zero-order valence-corrected chi connectivity index (χ0v) is 13.0. The van der Waals surface area contributed by atoms with Crippen molar-refractivity contribution in [2.24, 2.45) is 5.41 Å². The zero-order chi connectivity index (χ0) is 12.6. The molecule has 0 aliphatic heterocycles. The fourth-order valence-corrected chi connectivity index (χ4v) is 4.33. The van der Waals surface area contributed by atoms with Crippen molar-refractivity contribution in [3.63, 3.8) is 0 Å². The summed E-state index contributed by atoms with van der Waals surface area (Å²) in [5.41, 5.74) is 6.42. The van der Waals surface area contributed by atoms with Crippen LogP contribution in [0.15, 0.2) is 12.1 Å². The molecule has 0 N–H and O–H groups in total. The Kier molecular flexibility index (Phi) is 3.68. The first-order chi connectivity index (χ1) is 7.89. The summed E-state index contributed by atoms with van der Waals surface area (Å²) < 4.78 is 0. The summed E-state index contributed by atoms with van der Waals surface area (Å²) in [5, 5.41) is 0. The molecule has 2 atom stereocenters. The van der Waals surface area contributed by atoms with Gasteiger partial charge in [0, 0.05) is 4.83 Å². The Balaban J connectivity index is 2.24. The average Bonchev–Trinajstić information content (AvgIpc) is 2.53. The highest BCUT2D eigenvalue weighted by molar-refractivity contribution is 9.09. The Morgan fingerprint density at radius 1 is 1.24 bits per heavy atom. The van der Waals surface area contributed by atoms with E-state index in [1.165, 1.54) is 42.4 Å². The standard InChI is InChI=1S/C16H23Br/c1-11-7-12(2)15(13(3)8-11)10-16(4)6-5-14(17)9-16/h7-8,14H,5-6,9-10H2,1-4H3. The Hall–Kier alpha value is -0.300. The molecule has 0 nitrogen and oxygen atoms in total. The van der Waals surface area contributed by atoms with Gasteiger partial charge >= 0.3 is 0 Å². The van der Waals surface area contributed by atoms with Gasteiger partial charge in [0.2, 0.25) is 0 Å². The minimum atomic E-state index is 0.499. The van der Waals surface area contributed by atoms with Crippen molar-refractivity contribution in [2.45, 2.75) is 58.2 Å². The maximum Gasteiger partial charge on any atom is 0.0151 e. The van der Waals surface area contributed by atoms with E-state index in [1.54, 1.807) is 5.56 Å².